The van der Waals surface area contributed by atoms with Crippen molar-refractivity contribution in [1.82, 2.24) is 10.4 Å². The van der Waals surface area contributed by atoms with Crippen molar-refractivity contribution in [2.45, 2.75) is 6.92 Å². The zero-order valence-corrected chi connectivity index (χ0v) is 12.9. The Kier molecular flexibility index (Phi) is 4.47. The lowest BCUT2D eigenvalue weighted by Gasteiger charge is -1.99. The van der Waals surface area contributed by atoms with E-state index in [1.807, 2.05) is 6.92 Å². The summed E-state index contributed by atoms with van der Waals surface area (Å²) in [5.41, 5.74) is 3.98. The van der Waals surface area contributed by atoms with Gasteiger partial charge in [0.05, 0.1) is 17.3 Å². The maximum atomic E-state index is 13.7. The van der Waals surface area contributed by atoms with Crippen LogP contribution in [0.3, 0.4) is 0 Å². The lowest BCUT2D eigenvalue weighted by Crippen LogP contribution is -2.17. The van der Waals surface area contributed by atoms with Crippen LogP contribution in [0.2, 0.25) is 0 Å². The smallest absolute Gasteiger partial charge is 0.272 e. The molecule has 0 saturated carbocycles. The summed E-state index contributed by atoms with van der Waals surface area (Å²) >= 11 is 0. The van der Waals surface area contributed by atoms with Crippen LogP contribution in [-0.4, -0.2) is 17.1 Å². The van der Waals surface area contributed by atoms with Crippen molar-refractivity contribution in [2.75, 3.05) is 0 Å². The van der Waals surface area contributed by atoms with Crippen LogP contribution in [0.5, 0.6) is 0 Å². The van der Waals surface area contributed by atoms with Crippen LogP contribution in [0.25, 0.3) is 11.3 Å². The van der Waals surface area contributed by atoms with E-state index in [0.717, 1.165) is 5.69 Å². The fraction of sp³-hybridized carbons (Fsp3) is 0.0556. The highest BCUT2D eigenvalue weighted by Gasteiger charge is 2.08. The summed E-state index contributed by atoms with van der Waals surface area (Å²) in [6.07, 6.45) is 2.83. The molecule has 0 aliphatic heterocycles. The van der Waals surface area contributed by atoms with Gasteiger partial charge in [0, 0.05) is 11.9 Å². The molecule has 3 rings (SSSR count). The monoisotopic (exact) mass is 323 g/mol. The Morgan fingerprint density at radius 2 is 2.04 bits per heavy atom. The zero-order valence-electron chi connectivity index (χ0n) is 12.9. The molecule has 0 bridgehead atoms. The van der Waals surface area contributed by atoms with E-state index in [-0.39, 0.29) is 11.7 Å². The first-order valence-corrected chi connectivity index (χ1v) is 7.24. The largest absolute Gasteiger partial charge is 0.455 e. The molecule has 0 saturated heterocycles. The number of aryl methyl sites for hydroxylation is 1. The molecule has 0 aliphatic rings. The summed E-state index contributed by atoms with van der Waals surface area (Å²) in [4.78, 5) is 15.9. The van der Waals surface area contributed by atoms with E-state index in [2.05, 4.69) is 15.5 Å². The van der Waals surface area contributed by atoms with Gasteiger partial charge < -0.3 is 4.42 Å². The van der Waals surface area contributed by atoms with Gasteiger partial charge >= 0.3 is 0 Å². The first-order valence-electron chi connectivity index (χ1n) is 7.24. The number of hydrogen-bond donors (Lipinski definition) is 1. The molecule has 24 heavy (non-hydrogen) atoms. The highest BCUT2D eigenvalue weighted by molar-refractivity contribution is 5.94. The van der Waals surface area contributed by atoms with Crippen molar-refractivity contribution >= 4 is 12.1 Å². The van der Waals surface area contributed by atoms with Gasteiger partial charge in [0.2, 0.25) is 0 Å². The lowest BCUT2D eigenvalue weighted by atomic mass is 10.1. The van der Waals surface area contributed by atoms with E-state index < -0.39 is 0 Å². The summed E-state index contributed by atoms with van der Waals surface area (Å²) < 4.78 is 19.2. The highest BCUT2D eigenvalue weighted by atomic mass is 19.1. The van der Waals surface area contributed by atoms with Crippen LogP contribution in [-0.2, 0) is 0 Å². The average Bonchev–Trinajstić information content (AvgIpc) is 3.04. The molecule has 2 heterocycles. The first kappa shape index (κ1) is 15.6. The molecular weight excluding hydrogens is 309 g/mol. The number of benzene rings is 1. The molecule has 0 fully saturated rings. The van der Waals surface area contributed by atoms with Crippen molar-refractivity contribution < 1.29 is 13.6 Å². The van der Waals surface area contributed by atoms with Gasteiger partial charge in [-0.05, 0) is 43.3 Å². The van der Waals surface area contributed by atoms with Crippen molar-refractivity contribution in [3.63, 3.8) is 0 Å². The van der Waals surface area contributed by atoms with Gasteiger partial charge in [-0.2, -0.15) is 5.10 Å². The van der Waals surface area contributed by atoms with Crippen LogP contribution < -0.4 is 5.43 Å². The molecule has 3 aromatic rings. The minimum atomic E-state index is -0.375. The number of furan rings is 1. The number of hydrogen-bond acceptors (Lipinski definition) is 4. The van der Waals surface area contributed by atoms with E-state index in [9.17, 15) is 9.18 Å². The molecule has 1 N–H and O–H groups in total. The van der Waals surface area contributed by atoms with Gasteiger partial charge in [0.1, 0.15) is 17.3 Å². The fourth-order valence-corrected chi connectivity index (χ4v) is 2.05. The molecule has 1 aromatic carbocycles. The third-order valence-corrected chi connectivity index (χ3v) is 3.30. The van der Waals surface area contributed by atoms with Crippen molar-refractivity contribution in [2.24, 2.45) is 5.10 Å². The van der Waals surface area contributed by atoms with Crippen LogP contribution >= 0.6 is 0 Å². The number of carbonyl (C=O) groups excluding carboxylic acids is 1. The Hall–Kier alpha value is -3.28. The number of aromatic nitrogens is 1. The average molecular weight is 323 g/mol. The molecule has 0 atom stereocenters. The molecule has 0 spiro atoms. The number of hydrazone groups is 1. The minimum Gasteiger partial charge on any atom is -0.455 e. The van der Waals surface area contributed by atoms with Gasteiger partial charge in [0.15, 0.2) is 0 Å². The van der Waals surface area contributed by atoms with Crippen molar-refractivity contribution in [1.29, 1.82) is 0 Å². The Morgan fingerprint density at radius 1 is 1.21 bits per heavy atom. The van der Waals surface area contributed by atoms with E-state index >= 15 is 0 Å². The van der Waals surface area contributed by atoms with Gasteiger partial charge in [-0.3, -0.25) is 9.78 Å². The molecule has 5 nitrogen and oxygen atoms in total. The minimum absolute atomic E-state index is 0.365. The standard InChI is InChI=1S/C18H14FN3O2/c1-12-6-7-13(10-20-12)18(23)22-21-11-14-8-9-17(24-14)15-4-2-3-5-16(15)19/h2-11H,1H3,(H,22,23). The topological polar surface area (TPSA) is 67.5 Å². The van der Waals surface area contributed by atoms with Gasteiger partial charge in [-0.25, -0.2) is 9.82 Å². The molecule has 0 unspecified atom stereocenters. The quantitative estimate of drug-likeness (QED) is 0.590. The molecule has 120 valence electrons. The number of pyridine rings is 1. The predicted molar refractivity (Wildman–Crippen MR) is 88.1 cm³/mol. The lowest BCUT2D eigenvalue weighted by molar-refractivity contribution is 0.0954. The van der Waals surface area contributed by atoms with Crippen LogP contribution in [0.4, 0.5) is 4.39 Å². The van der Waals surface area contributed by atoms with Crippen molar-refractivity contribution in [3.05, 3.63) is 77.6 Å². The number of carbonyl (C=O) groups is 1. The normalized spacial score (nSPS) is 10.9. The van der Waals surface area contributed by atoms with Gasteiger partial charge in [-0.1, -0.05) is 12.1 Å². The SMILES string of the molecule is Cc1ccc(C(=O)NN=Cc2ccc(-c3ccccc3F)o2)cn1. The zero-order chi connectivity index (χ0) is 16.9. The maximum absolute atomic E-state index is 13.7. The number of nitrogens with zero attached hydrogens (tertiary/aromatic N) is 2. The number of halogens is 1. The second kappa shape index (κ2) is 6.87. The third kappa shape index (κ3) is 3.55. The van der Waals surface area contributed by atoms with Gasteiger partial charge in [-0.15, -0.1) is 0 Å². The molecule has 0 radical (unpaired) electrons. The van der Waals surface area contributed by atoms with Crippen LogP contribution in [0.15, 0.2) is 64.2 Å². The third-order valence-electron chi connectivity index (χ3n) is 3.30. The Morgan fingerprint density at radius 3 is 2.79 bits per heavy atom. The molecular formula is C18H14FN3O2. The number of rotatable bonds is 4. The number of amides is 1. The van der Waals surface area contributed by atoms with E-state index in [4.69, 9.17) is 4.42 Å². The second-order valence-electron chi connectivity index (χ2n) is 5.07. The van der Waals surface area contributed by atoms with Crippen LogP contribution in [0.1, 0.15) is 21.8 Å². The second-order valence-corrected chi connectivity index (χ2v) is 5.07. The Balaban J connectivity index is 1.66. The van der Waals surface area contributed by atoms with E-state index in [1.165, 1.54) is 18.5 Å². The fourth-order valence-electron chi connectivity index (χ4n) is 2.05. The summed E-state index contributed by atoms with van der Waals surface area (Å²) in [6.45, 7) is 1.84. The highest BCUT2D eigenvalue weighted by Crippen LogP contribution is 2.24. The Bertz CT molecular complexity index is 885. The predicted octanol–water partition coefficient (Wildman–Crippen LogP) is 3.55. The summed E-state index contributed by atoms with van der Waals surface area (Å²) in [5.74, 6) is 0.0503. The Labute approximate surface area is 137 Å². The summed E-state index contributed by atoms with van der Waals surface area (Å²) in [7, 11) is 0. The molecule has 0 aliphatic carbocycles. The first-order chi connectivity index (χ1) is 11.6. The molecule has 6 heteroatoms. The summed E-state index contributed by atoms with van der Waals surface area (Å²) in [5, 5.41) is 3.83. The molecule has 2 aromatic heterocycles. The number of nitrogens with one attached hydrogen (secondary N) is 1. The summed E-state index contributed by atoms with van der Waals surface area (Å²) in [6, 6.07) is 13.0. The van der Waals surface area contributed by atoms with Gasteiger partial charge in [0.25, 0.3) is 5.91 Å². The maximum Gasteiger partial charge on any atom is 0.272 e. The van der Waals surface area contributed by atoms with E-state index in [0.29, 0.717) is 22.6 Å². The molecule has 1 amide bonds. The van der Waals surface area contributed by atoms with E-state index in [1.54, 1.807) is 42.5 Å². The van der Waals surface area contributed by atoms with Crippen molar-refractivity contribution in [3.8, 4) is 11.3 Å². The van der Waals surface area contributed by atoms with Crippen LogP contribution in [0, 0.1) is 12.7 Å².